The van der Waals surface area contributed by atoms with E-state index in [-0.39, 0.29) is 21.7 Å². The van der Waals surface area contributed by atoms with Crippen molar-refractivity contribution in [2.45, 2.75) is 17.9 Å². The minimum atomic E-state index is -3.99. The van der Waals surface area contributed by atoms with E-state index in [9.17, 15) is 22.7 Å². The van der Waals surface area contributed by atoms with Crippen molar-refractivity contribution in [3.63, 3.8) is 0 Å². The molecule has 0 bridgehead atoms. The number of fused-ring (bicyclic) bond motifs is 1. The molecule has 0 aliphatic carbocycles. The van der Waals surface area contributed by atoms with Gasteiger partial charge in [0.05, 0.1) is 11.3 Å². The maximum Gasteiger partial charge on any atom is 0.338 e. The smallest absolute Gasteiger partial charge is 0.338 e. The van der Waals surface area contributed by atoms with Crippen molar-refractivity contribution >= 4 is 27.4 Å². The van der Waals surface area contributed by atoms with Crippen molar-refractivity contribution in [2.75, 3.05) is 18.5 Å². The number of nitrogens with zero attached hydrogens (tertiary/aromatic N) is 2. The topological polar surface area (TPSA) is 77.9 Å². The van der Waals surface area contributed by atoms with Crippen LogP contribution in [0.3, 0.4) is 0 Å². The van der Waals surface area contributed by atoms with Crippen LogP contribution in [0.5, 0.6) is 0 Å². The summed E-state index contributed by atoms with van der Waals surface area (Å²) in [6.07, 6.45) is 0. The van der Waals surface area contributed by atoms with Crippen molar-refractivity contribution in [3.05, 3.63) is 77.9 Å². The Labute approximate surface area is 184 Å². The number of carboxylic acids is 1. The summed E-state index contributed by atoms with van der Waals surface area (Å²) in [5, 5.41) is 9.20. The molecular weight excluding hydrogens is 438 g/mol. The molecule has 166 valence electrons. The monoisotopic (exact) mass is 458 g/mol. The van der Waals surface area contributed by atoms with Crippen molar-refractivity contribution in [2.24, 2.45) is 0 Å². The van der Waals surface area contributed by atoms with Crippen molar-refractivity contribution in [1.82, 2.24) is 4.31 Å². The maximum absolute atomic E-state index is 15.3. The van der Waals surface area contributed by atoms with Crippen molar-refractivity contribution in [1.29, 1.82) is 0 Å². The van der Waals surface area contributed by atoms with Gasteiger partial charge >= 0.3 is 5.97 Å². The Bertz CT molecular complexity index is 1310. The van der Waals surface area contributed by atoms with Gasteiger partial charge < -0.3 is 10.0 Å². The van der Waals surface area contributed by atoms with Gasteiger partial charge in [-0.3, -0.25) is 0 Å². The Hall–Kier alpha value is -3.30. The molecule has 1 aliphatic heterocycles. The predicted octanol–water partition coefficient (Wildman–Crippen LogP) is 4.49. The molecule has 1 unspecified atom stereocenters. The third-order valence-corrected chi connectivity index (χ3v) is 7.64. The fourth-order valence-corrected chi connectivity index (χ4v) is 5.31. The van der Waals surface area contributed by atoms with Crippen LogP contribution in [-0.4, -0.2) is 43.4 Å². The van der Waals surface area contributed by atoms with Crippen LogP contribution in [0.25, 0.3) is 11.1 Å². The second-order valence-corrected chi connectivity index (χ2v) is 9.58. The molecule has 0 saturated carbocycles. The van der Waals surface area contributed by atoms with E-state index >= 15 is 4.39 Å². The zero-order valence-electron chi connectivity index (χ0n) is 17.3. The molecule has 9 heteroatoms. The van der Waals surface area contributed by atoms with Crippen LogP contribution in [0.2, 0.25) is 0 Å². The number of halogens is 2. The lowest BCUT2D eigenvalue weighted by Crippen LogP contribution is -2.38. The molecule has 6 nitrogen and oxygen atoms in total. The Morgan fingerprint density at radius 3 is 2.38 bits per heavy atom. The number of carbonyl (C=O) groups is 1. The molecule has 0 radical (unpaired) electrons. The molecule has 0 aromatic heterocycles. The van der Waals surface area contributed by atoms with Gasteiger partial charge in [0.2, 0.25) is 10.0 Å². The number of anilines is 2. The van der Waals surface area contributed by atoms with Crippen LogP contribution in [0.15, 0.2) is 65.6 Å². The zero-order chi connectivity index (χ0) is 23.2. The normalized spacial score (nSPS) is 18.1. The van der Waals surface area contributed by atoms with Gasteiger partial charge in [-0.25, -0.2) is 22.0 Å². The van der Waals surface area contributed by atoms with Crippen LogP contribution in [0, 0.1) is 11.6 Å². The van der Waals surface area contributed by atoms with Gasteiger partial charge in [0.1, 0.15) is 16.5 Å². The van der Waals surface area contributed by atoms with Crippen LogP contribution in [0.4, 0.5) is 20.2 Å². The predicted molar refractivity (Wildman–Crippen MR) is 117 cm³/mol. The molecule has 0 spiro atoms. The summed E-state index contributed by atoms with van der Waals surface area (Å²) in [5.74, 6) is -3.22. The third-order valence-electron chi connectivity index (χ3n) is 5.64. The Morgan fingerprint density at radius 1 is 1.03 bits per heavy atom. The molecule has 1 atom stereocenters. The first-order valence-electron chi connectivity index (χ1n) is 9.78. The average molecular weight is 458 g/mol. The molecule has 32 heavy (non-hydrogen) atoms. The van der Waals surface area contributed by atoms with Crippen LogP contribution >= 0.6 is 0 Å². The van der Waals surface area contributed by atoms with Crippen LogP contribution < -0.4 is 4.90 Å². The van der Waals surface area contributed by atoms with Gasteiger partial charge in [-0.1, -0.05) is 24.3 Å². The number of carboxylic acid groups (broad SMARTS) is 1. The minimum absolute atomic E-state index is 0.0607. The second-order valence-electron chi connectivity index (χ2n) is 7.62. The van der Waals surface area contributed by atoms with E-state index in [1.807, 2.05) is 6.07 Å². The summed E-state index contributed by atoms with van der Waals surface area (Å²) in [6.45, 7) is 2.06. The van der Waals surface area contributed by atoms with Gasteiger partial charge in [-0.2, -0.15) is 4.31 Å². The summed E-state index contributed by atoms with van der Waals surface area (Å²) in [4.78, 5) is 12.9. The van der Waals surface area contributed by atoms with Crippen LogP contribution in [-0.2, 0) is 10.0 Å². The minimum Gasteiger partial charge on any atom is -0.478 e. The van der Waals surface area contributed by atoms with E-state index in [4.69, 9.17) is 0 Å². The van der Waals surface area contributed by atoms with Gasteiger partial charge in [0, 0.05) is 30.9 Å². The zero-order valence-corrected chi connectivity index (χ0v) is 18.1. The fourth-order valence-electron chi connectivity index (χ4n) is 3.76. The quantitative estimate of drug-likeness (QED) is 0.626. The number of para-hydroxylation sites is 1. The molecule has 0 fully saturated rings. The van der Waals surface area contributed by atoms with E-state index in [1.54, 1.807) is 36.1 Å². The molecule has 0 saturated heterocycles. The highest BCUT2D eigenvalue weighted by atomic mass is 32.2. The van der Waals surface area contributed by atoms with Gasteiger partial charge in [-0.15, -0.1) is 0 Å². The van der Waals surface area contributed by atoms with E-state index in [1.165, 1.54) is 23.5 Å². The lowest BCUT2D eigenvalue weighted by Gasteiger charge is -2.27. The lowest BCUT2D eigenvalue weighted by molar-refractivity contribution is 0.0692. The first kappa shape index (κ1) is 21.9. The number of hydrogen-bond acceptors (Lipinski definition) is 4. The highest BCUT2D eigenvalue weighted by molar-refractivity contribution is 7.89. The number of benzene rings is 3. The van der Waals surface area contributed by atoms with Crippen LogP contribution in [0.1, 0.15) is 17.3 Å². The van der Waals surface area contributed by atoms with Gasteiger partial charge in [-0.05, 0) is 48.9 Å². The standard InChI is InChI=1S/C23H20F2N2O4S/c1-14-13-27(16-6-4-3-5-7-16)21-12-20(25)17(11-22(21)32(30,31)26(14)2)15-8-9-19(24)18(10-15)23(28)29/h3-12,14H,13H2,1-2H3,(H,28,29). The average Bonchev–Trinajstić information content (AvgIpc) is 2.83. The number of aromatic carboxylic acids is 1. The molecule has 4 rings (SSSR count). The SMILES string of the molecule is CC1CN(c2ccccc2)c2cc(F)c(-c3ccc(F)c(C(=O)O)c3)cc2S(=O)(=O)N1C. The molecule has 3 aromatic rings. The maximum atomic E-state index is 15.3. The third kappa shape index (κ3) is 3.63. The Morgan fingerprint density at radius 2 is 1.72 bits per heavy atom. The second kappa shape index (κ2) is 7.99. The molecular formula is C23H20F2N2O4S. The summed E-state index contributed by atoms with van der Waals surface area (Å²) < 4.78 is 57.1. The summed E-state index contributed by atoms with van der Waals surface area (Å²) in [6, 6.07) is 14.1. The first-order chi connectivity index (χ1) is 15.1. The summed E-state index contributed by atoms with van der Waals surface area (Å²) >= 11 is 0. The molecule has 1 N–H and O–H groups in total. The number of rotatable bonds is 3. The Kier molecular flexibility index (Phi) is 5.47. The highest BCUT2D eigenvalue weighted by Gasteiger charge is 2.36. The van der Waals surface area contributed by atoms with Gasteiger partial charge in [0.15, 0.2) is 0 Å². The van der Waals surface area contributed by atoms with Crippen molar-refractivity contribution < 1.29 is 27.1 Å². The largest absolute Gasteiger partial charge is 0.478 e. The highest BCUT2D eigenvalue weighted by Crippen LogP contribution is 2.40. The Balaban J connectivity index is 1.98. The van der Waals surface area contributed by atoms with E-state index < -0.39 is 39.2 Å². The molecule has 1 aliphatic rings. The van der Waals surface area contributed by atoms with Gasteiger partial charge in [0.25, 0.3) is 0 Å². The number of likely N-dealkylation sites (N-methyl/N-ethyl adjacent to an activating group) is 1. The van der Waals surface area contributed by atoms with E-state index in [0.29, 0.717) is 12.2 Å². The fraction of sp³-hybridized carbons (Fsp3) is 0.174. The lowest BCUT2D eigenvalue weighted by atomic mass is 10.0. The number of sulfonamides is 1. The van der Waals surface area contributed by atoms with Crippen molar-refractivity contribution in [3.8, 4) is 11.1 Å². The molecule has 1 heterocycles. The summed E-state index contributed by atoms with van der Waals surface area (Å²) in [5.41, 5.74) is 0.176. The molecule has 0 amide bonds. The number of hydrogen-bond donors (Lipinski definition) is 1. The molecule has 3 aromatic carbocycles. The van der Waals surface area contributed by atoms with E-state index in [0.717, 1.165) is 18.2 Å². The first-order valence-corrected chi connectivity index (χ1v) is 11.2. The summed E-state index contributed by atoms with van der Waals surface area (Å²) in [7, 11) is -2.53. The van der Waals surface area contributed by atoms with E-state index in [2.05, 4.69) is 0 Å².